The van der Waals surface area contributed by atoms with E-state index in [1.807, 2.05) is 11.0 Å². The Hall–Kier alpha value is -1.69. The monoisotopic (exact) mass is 290 g/mol. The molecule has 0 bridgehead atoms. The molecule has 0 spiro atoms. The highest BCUT2D eigenvalue weighted by Crippen LogP contribution is 2.36. The van der Waals surface area contributed by atoms with E-state index in [0.29, 0.717) is 31.3 Å². The lowest BCUT2D eigenvalue weighted by Crippen LogP contribution is -2.66. The zero-order valence-corrected chi connectivity index (χ0v) is 12.7. The van der Waals surface area contributed by atoms with Crippen LogP contribution in [-0.2, 0) is 10.2 Å². The molecule has 1 unspecified atom stereocenters. The number of likely N-dealkylation sites (tertiary alicyclic amines) is 1. The average Bonchev–Trinajstić information content (AvgIpc) is 3.05. The molecule has 1 atom stereocenters. The van der Waals surface area contributed by atoms with Gasteiger partial charge in [0.15, 0.2) is 0 Å². The van der Waals surface area contributed by atoms with Crippen LogP contribution in [0.5, 0.6) is 0 Å². The van der Waals surface area contributed by atoms with E-state index in [-0.39, 0.29) is 11.3 Å². The summed E-state index contributed by atoms with van der Waals surface area (Å²) >= 11 is 0. The lowest BCUT2D eigenvalue weighted by molar-refractivity contribution is -0.146. The van der Waals surface area contributed by atoms with Crippen LogP contribution in [0.25, 0.3) is 0 Å². The minimum atomic E-state index is -0.451. The van der Waals surface area contributed by atoms with Gasteiger partial charge < -0.3 is 14.6 Å². The maximum absolute atomic E-state index is 12.8. The highest BCUT2D eigenvalue weighted by atomic mass is 16.4. The zero-order chi connectivity index (χ0) is 15.1. The van der Waals surface area contributed by atoms with Crippen molar-refractivity contribution in [2.45, 2.75) is 44.1 Å². The molecule has 3 rings (SSSR count). The van der Waals surface area contributed by atoms with Gasteiger partial charge in [-0.1, -0.05) is 6.08 Å². The number of rotatable bonds is 4. The standard InChI is InChI=1S/C15H22N4O2/c1-4-6-15(7-5-8-16-15)13(20)19-9-14(3,10-19)12-18-17-11(2)21-12/h4,16H,1,5-10H2,2-3H3. The number of aryl methyl sites for hydroxylation is 1. The largest absolute Gasteiger partial charge is 0.425 e. The second kappa shape index (κ2) is 4.94. The molecule has 21 heavy (non-hydrogen) atoms. The van der Waals surface area contributed by atoms with Gasteiger partial charge in [-0.2, -0.15) is 0 Å². The van der Waals surface area contributed by atoms with Crippen molar-refractivity contribution in [2.75, 3.05) is 19.6 Å². The van der Waals surface area contributed by atoms with Crippen molar-refractivity contribution in [1.82, 2.24) is 20.4 Å². The predicted molar refractivity (Wildman–Crippen MR) is 77.7 cm³/mol. The smallest absolute Gasteiger partial charge is 0.243 e. The first kappa shape index (κ1) is 14.3. The summed E-state index contributed by atoms with van der Waals surface area (Å²) in [6.07, 6.45) is 4.42. The molecule has 2 fully saturated rings. The van der Waals surface area contributed by atoms with E-state index in [0.717, 1.165) is 19.4 Å². The van der Waals surface area contributed by atoms with Gasteiger partial charge in [0.25, 0.3) is 0 Å². The Kier molecular flexibility index (Phi) is 3.36. The molecular weight excluding hydrogens is 268 g/mol. The molecule has 3 heterocycles. The molecule has 0 aliphatic carbocycles. The maximum atomic E-state index is 12.8. The summed E-state index contributed by atoms with van der Waals surface area (Å²) in [5.41, 5.74) is -0.668. The minimum absolute atomic E-state index is 0.175. The van der Waals surface area contributed by atoms with Crippen LogP contribution in [0.1, 0.15) is 38.0 Å². The molecule has 0 aromatic carbocycles. The molecule has 0 radical (unpaired) electrons. The molecule has 2 saturated heterocycles. The SMILES string of the molecule is C=CCC1(C(=O)N2CC(C)(c3nnc(C)o3)C2)CCCN1. The van der Waals surface area contributed by atoms with E-state index in [9.17, 15) is 4.79 Å². The topological polar surface area (TPSA) is 71.3 Å². The van der Waals surface area contributed by atoms with Crippen LogP contribution in [0, 0.1) is 6.92 Å². The molecular formula is C15H22N4O2. The van der Waals surface area contributed by atoms with Crippen LogP contribution in [0.2, 0.25) is 0 Å². The number of nitrogens with zero attached hydrogens (tertiary/aromatic N) is 3. The first-order chi connectivity index (χ1) is 9.99. The number of carbonyl (C=O) groups is 1. The van der Waals surface area contributed by atoms with E-state index >= 15 is 0 Å². The Bertz CT molecular complexity index is 554. The number of hydrogen-bond acceptors (Lipinski definition) is 5. The van der Waals surface area contributed by atoms with Gasteiger partial charge in [0.1, 0.15) is 5.54 Å². The molecule has 1 amide bonds. The molecule has 1 N–H and O–H groups in total. The van der Waals surface area contributed by atoms with Gasteiger partial charge >= 0.3 is 0 Å². The number of nitrogens with one attached hydrogen (secondary N) is 1. The fraction of sp³-hybridized carbons (Fsp3) is 0.667. The van der Waals surface area contributed by atoms with E-state index in [4.69, 9.17) is 4.42 Å². The Balaban J connectivity index is 1.70. The molecule has 1 aromatic heterocycles. The molecule has 6 heteroatoms. The fourth-order valence-corrected chi connectivity index (χ4v) is 3.41. The number of hydrogen-bond donors (Lipinski definition) is 1. The first-order valence-electron chi connectivity index (χ1n) is 7.45. The summed E-state index contributed by atoms with van der Waals surface area (Å²) in [6.45, 7) is 9.79. The third-order valence-corrected chi connectivity index (χ3v) is 4.56. The van der Waals surface area contributed by atoms with Crippen LogP contribution in [0.15, 0.2) is 17.1 Å². The first-order valence-corrected chi connectivity index (χ1v) is 7.45. The van der Waals surface area contributed by atoms with E-state index in [2.05, 4.69) is 29.0 Å². The van der Waals surface area contributed by atoms with Crippen LogP contribution < -0.4 is 5.32 Å². The van der Waals surface area contributed by atoms with Crippen molar-refractivity contribution in [3.63, 3.8) is 0 Å². The highest BCUT2D eigenvalue weighted by molar-refractivity contribution is 5.88. The summed E-state index contributed by atoms with van der Waals surface area (Å²) in [7, 11) is 0. The summed E-state index contributed by atoms with van der Waals surface area (Å²) < 4.78 is 5.52. The van der Waals surface area contributed by atoms with E-state index < -0.39 is 5.54 Å². The molecule has 114 valence electrons. The number of aromatic nitrogens is 2. The van der Waals surface area contributed by atoms with Gasteiger partial charge in [0.05, 0.1) is 5.41 Å². The molecule has 1 aromatic rings. The quantitative estimate of drug-likeness (QED) is 0.843. The van der Waals surface area contributed by atoms with Gasteiger partial charge in [0, 0.05) is 20.0 Å². The van der Waals surface area contributed by atoms with Crippen molar-refractivity contribution >= 4 is 5.91 Å². The predicted octanol–water partition coefficient (Wildman–Crippen LogP) is 1.18. The van der Waals surface area contributed by atoms with Gasteiger partial charge in [-0.05, 0) is 32.7 Å². The van der Waals surface area contributed by atoms with Crippen LogP contribution >= 0.6 is 0 Å². The van der Waals surface area contributed by atoms with E-state index in [1.54, 1.807) is 6.92 Å². The maximum Gasteiger partial charge on any atom is 0.243 e. The Labute approximate surface area is 124 Å². The van der Waals surface area contributed by atoms with Gasteiger partial charge in [-0.15, -0.1) is 16.8 Å². The number of carbonyl (C=O) groups excluding carboxylic acids is 1. The van der Waals surface area contributed by atoms with Crippen molar-refractivity contribution in [1.29, 1.82) is 0 Å². The lowest BCUT2D eigenvalue weighted by Gasteiger charge is -2.48. The summed E-state index contributed by atoms with van der Waals surface area (Å²) in [4.78, 5) is 14.7. The summed E-state index contributed by atoms with van der Waals surface area (Å²) in [5.74, 6) is 1.37. The lowest BCUT2D eigenvalue weighted by atomic mass is 9.79. The molecule has 2 aliphatic heterocycles. The van der Waals surface area contributed by atoms with E-state index in [1.165, 1.54) is 0 Å². The summed E-state index contributed by atoms with van der Waals surface area (Å²) in [5, 5.41) is 11.4. The molecule has 2 aliphatic rings. The third kappa shape index (κ3) is 2.27. The van der Waals surface area contributed by atoms with Crippen molar-refractivity contribution in [3.8, 4) is 0 Å². The normalized spacial score (nSPS) is 27.4. The van der Waals surface area contributed by atoms with Crippen LogP contribution in [-0.4, -0.2) is 46.2 Å². The molecule has 6 nitrogen and oxygen atoms in total. The Morgan fingerprint density at radius 1 is 1.52 bits per heavy atom. The summed E-state index contributed by atoms with van der Waals surface area (Å²) in [6, 6.07) is 0. The van der Waals surface area contributed by atoms with Crippen LogP contribution in [0.3, 0.4) is 0 Å². The second-order valence-corrected chi connectivity index (χ2v) is 6.45. The van der Waals surface area contributed by atoms with Crippen LogP contribution in [0.4, 0.5) is 0 Å². The second-order valence-electron chi connectivity index (χ2n) is 6.45. The number of amides is 1. The average molecular weight is 290 g/mol. The van der Waals surface area contributed by atoms with Crippen molar-refractivity contribution in [2.24, 2.45) is 0 Å². The Morgan fingerprint density at radius 2 is 2.29 bits per heavy atom. The highest BCUT2D eigenvalue weighted by Gasteiger charge is 2.52. The van der Waals surface area contributed by atoms with Gasteiger partial charge in [-0.3, -0.25) is 4.79 Å². The van der Waals surface area contributed by atoms with Crippen molar-refractivity contribution in [3.05, 3.63) is 24.4 Å². The Morgan fingerprint density at radius 3 is 2.81 bits per heavy atom. The third-order valence-electron chi connectivity index (χ3n) is 4.56. The zero-order valence-electron chi connectivity index (χ0n) is 12.7. The minimum Gasteiger partial charge on any atom is -0.425 e. The van der Waals surface area contributed by atoms with Gasteiger partial charge in [0.2, 0.25) is 17.7 Å². The fourth-order valence-electron chi connectivity index (χ4n) is 3.41. The van der Waals surface area contributed by atoms with Crippen molar-refractivity contribution < 1.29 is 9.21 Å². The molecule has 0 saturated carbocycles. The van der Waals surface area contributed by atoms with Gasteiger partial charge in [-0.25, -0.2) is 0 Å².